The summed E-state index contributed by atoms with van der Waals surface area (Å²) < 4.78 is 0. The minimum atomic E-state index is -1.16. The quantitative estimate of drug-likeness (QED) is 0.191. The van der Waals surface area contributed by atoms with Gasteiger partial charge in [-0.2, -0.15) is 0 Å². The van der Waals surface area contributed by atoms with Crippen LogP contribution in [0.2, 0.25) is 24.2 Å². The summed E-state index contributed by atoms with van der Waals surface area (Å²) in [5.41, 5.74) is 2.23. The molecule has 0 heterocycles. The van der Waals surface area contributed by atoms with Crippen molar-refractivity contribution in [3.63, 3.8) is 0 Å². The molecule has 7 fully saturated rings. The summed E-state index contributed by atoms with van der Waals surface area (Å²) in [7, 11) is 18.6. The normalized spacial score (nSPS) is 38.0. The van der Waals surface area contributed by atoms with Crippen LogP contribution in [-0.2, 0) is 41.7 Å². The van der Waals surface area contributed by atoms with Crippen molar-refractivity contribution < 1.29 is 41.7 Å². The number of halogens is 4. The predicted molar refractivity (Wildman–Crippen MR) is 224 cm³/mol. The summed E-state index contributed by atoms with van der Waals surface area (Å²) in [5, 5.41) is 0. The van der Waals surface area contributed by atoms with Crippen LogP contribution in [0.25, 0.3) is 0 Å². The molecule has 7 rings (SSSR count). The molecule has 0 aromatic carbocycles. The molecule has 0 spiro atoms. The van der Waals surface area contributed by atoms with Crippen LogP contribution in [0.1, 0.15) is 156 Å². The van der Waals surface area contributed by atoms with Crippen molar-refractivity contribution in [1.29, 1.82) is 0 Å². The van der Waals surface area contributed by atoms with Crippen molar-refractivity contribution >= 4 is 42.1 Å². The van der Waals surface area contributed by atoms with Gasteiger partial charge in [-0.3, -0.25) is 0 Å². The van der Waals surface area contributed by atoms with E-state index in [0.717, 1.165) is 46.6 Å². The minimum absolute atomic E-state index is 0. The van der Waals surface area contributed by atoms with Crippen molar-refractivity contribution in [2.75, 3.05) is 0 Å². The van der Waals surface area contributed by atoms with Gasteiger partial charge in [0, 0.05) is 0 Å². The van der Waals surface area contributed by atoms with Gasteiger partial charge in [-0.15, -0.1) is 0 Å². The standard InChI is InChI=1S/C20H38Si.2C9H16.4CH3.4ClH.2Zr/c1-13-14(2)16(4)20(15(13)3)21(5,6)19-12-11-17-9-7-8-10-18(17)19;2*1-2-5-9-7-3-6-8(9)4-1;;;;;;;;;;/h13-20H,7-12H2,1-6H3;2*8-9H,1-7H2;4*1H3;4*1H;;/q;;;4*-1;;;;;2*+4/p-4. The van der Waals surface area contributed by atoms with E-state index < -0.39 is 49.8 Å². The Labute approximate surface area is 349 Å². The molecule has 0 bridgehead atoms. The van der Waals surface area contributed by atoms with Crippen molar-refractivity contribution in [2.45, 2.75) is 180 Å². The van der Waals surface area contributed by atoms with E-state index in [1.54, 1.807) is 77.0 Å². The van der Waals surface area contributed by atoms with Gasteiger partial charge in [0.05, 0.1) is 8.07 Å². The van der Waals surface area contributed by atoms with Gasteiger partial charge in [0.25, 0.3) is 0 Å². The van der Waals surface area contributed by atoms with Gasteiger partial charge >= 0.3 is 75.7 Å². The maximum atomic E-state index is 4.93. The summed E-state index contributed by atoms with van der Waals surface area (Å²) >= 11 is -1.65. The fraction of sp³-hybridized carbons (Fsp3) is 0.905. The molecule has 0 N–H and O–H groups in total. The summed E-state index contributed by atoms with van der Waals surface area (Å²) in [6.07, 6.45) is 31.0. The van der Waals surface area contributed by atoms with Crippen molar-refractivity contribution in [1.82, 2.24) is 0 Å². The van der Waals surface area contributed by atoms with E-state index in [4.69, 9.17) is 34.1 Å². The molecule has 11 unspecified atom stereocenters. The number of hydrogen-bond acceptors (Lipinski definition) is 0. The van der Waals surface area contributed by atoms with Gasteiger partial charge in [-0.25, -0.2) is 0 Å². The second-order valence-electron chi connectivity index (χ2n) is 17.3. The van der Waals surface area contributed by atoms with Gasteiger partial charge < -0.3 is 29.7 Å². The molecule has 290 valence electrons. The summed E-state index contributed by atoms with van der Waals surface area (Å²) in [6.45, 7) is 15.8. The van der Waals surface area contributed by atoms with Gasteiger partial charge in [-0.05, 0) is 70.3 Å². The van der Waals surface area contributed by atoms with Crippen LogP contribution in [0.5, 0.6) is 0 Å². The summed E-state index contributed by atoms with van der Waals surface area (Å²) in [4.78, 5) is 0. The van der Waals surface area contributed by atoms with Crippen LogP contribution >= 0.6 is 34.1 Å². The SMILES string of the molecule is C1CCC2CCCC2C1.C1CCC2CCCC2C1.CC1C(C)C(C)C([Si](C)(C)C2CCC3CCCCC32)C1C.[CH3-].[CH3-].[CH3-].[CH3-].[Cl][Zr+2][Cl].[Cl][Zr+2][Cl]. The molecule has 7 aliphatic rings. The Bertz CT molecular complexity index is 737. The van der Waals surface area contributed by atoms with Crippen LogP contribution < -0.4 is 0 Å². The molecule has 0 aliphatic heterocycles. The van der Waals surface area contributed by atoms with E-state index in [2.05, 4.69) is 40.8 Å². The van der Waals surface area contributed by atoms with Crippen LogP contribution in [0.4, 0.5) is 0 Å². The molecule has 0 amide bonds. The molecule has 7 saturated carbocycles. The van der Waals surface area contributed by atoms with Crippen LogP contribution in [0, 0.1) is 88.9 Å². The Hall–Kier alpha value is 3.14. The zero-order valence-electron chi connectivity index (χ0n) is 34.1. The van der Waals surface area contributed by atoms with Crippen LogP contribution in [0.15, 0.2) is 0 Å². The molecule has 49 heavy (non-hydrogen) atoms. The molecule has 11 atom stereocenters. The molecule has 0 saturated heterocycles. The number of fused-ring (bicyclic) bond motifs is 3. The molecule has 0 nitrogen and oxygen atoms in total. The average Bonchev–Trinajstić information content (AvgIpc) is 3.83. The Morgan fingerprint density at radius 3 is 1.02 bits per heavy atom. The second-order valence-corrected chi connectivity index (χ2v) is 29.8. The Balaban J connectivity index is 0. The first kappa shape index (κ1) is 54.2. The van der Waals surface area contributed by atoms with E-state index >= 15 is 0 Å². The van der Waals surface area contributed by atoms with Crippen molar-refractivity contribution in [3.05, 3.63) is 29.7 Å². The van der Waals surface area contributed by atoms with Crippen molar-refractivity contribution in [2.24, 2.45) is 59.2 Å². The monoisotopic (exact) mass is 934 g/mol. The zero-order valence-corrected chi connectivity index (χ0v) is 43.0. The van der Waals surface area contributed by atoms with Crippen LogP contribution in [0.3, 0.4) is 0 Å². The first-order chi connectivity index (χ1) is 21.6. The first-order valence-electron chi connectivity index (χ1n) is 19.5. The van der Waals surface area contributed by atoms with Gasteiger partial charge in [0.1, 0.15) is 0 Å². The number of hydrogen-bond donors (Lipinski definition) is 0. The third-order valence-electron chi connectivity index (χ3n) is 15.2. The third-order valence-corrected chi connectivity index (χ3v) is 20.6. The average molecular weight is 939 g/mol. The van der Waals surface area contributed by atoms with Gasteiger partial charge in [0.15, 0.2) is 0 Å². The molecule has 7 aliphatic carbocycles. The molecule has 0 radical (unpaired) electrons. The topological polar surface area (TPSA) is 0 Å². The number of rotatable bonds is 2. The first-order valence-corrected chi connectivity index (χ1v) is 35.4. The zero-order chi connectivity index (χ0) is 33.0. The Morgan fingerprint density at radius 1 is 0.388 bits per heavy atom. The van der Waals surface area contributed by atoms with Gasteiger partial charge in [-0.1, -0.05) is 169 Å². The van der Waals surface area contributed by atoms with Gasteiger partial charge in [0.2, 0.25) is 0 Å². The Morgan fingerprint density at radius 2 is 0.673 bits per heavy atom. The summed E-state index contributed by atoms with van der Waals surface area (Å²) in [6, 6.07) is 0. The van der Waals surface area contributed by atoms with E-state index in [9.17, 15) is 0 Å². The maximum absolute atomic E-state index is 4.93. The van der Waals surface area contributed by atoms with Crippen LogP contribution in [-0.4, -0.2) is 8.07 Å². The van der Waals surface area contributed by atoms with E-state index in [-0.39, 0.29) is 29.7 Å². The molecule has 0 aromatic rings. The second kappa shape index (κ2) is 28.5. The van der Waals surface area contributed by atoms with E-state index in [1.165, 1.54) is 75.0 Å². The summed E-state index contributed by atoms with van der Waals surface area (Å²) in [5.74, 6) is 10.7. The predicted octanol–water partition coefficient (Wildman–Crippen LogP) is 17.1. The van der Waals surface area contributed by atoms with E-state index in [1.807, 2.05) is 0 Å². The molecule has 7 heteroatoms. The fourth-order valence-corrected chi connectivity index (χ4v) is 19.0. The molecular weight excluding hydrogens is 857 g/mol. The third kappa shape index (κ3) is 15.5. The fourth-order valence-electron chi connectivity index (χ4n) is 12.7. The molecule has 0 aromatic heterocycles. The van der Waals surface area contributed by atoms with Crippen molar-refractivity contribution in [3.8, 4) is 0 Å². The van der Waals surface area contributed by atoms with E-state index in [0.29, 0.717) is 0 Å². The molecular formula is C42H82Cl4SiZr2. The Kier molecular flexibility index (Phi) is 31.6.